The van der Waals surface area contributed by atoms with E-state index in [0.717, 1.165) is 6.07 Å². The number of hydrogen-bond acceptors (Lipinski definition) is 3. The van der Waals surface area contributed by atoms with Crippen molar-refractivity contribution in [2.45, 2.75) is 0 Å². The number of carbonyl (C=O) groups is 2. The van der Waals surface area contributed by atoms with E-state index in [2.05, 4.69) is 10.3 Å². The van der Waals surface area contributed by atoms with Crippen LogP contribution in [0.3, 0.4) is 0 Å². The second-order valence-corrected chi connectivity index (χ2v) is 4.70. The van der Waals surface area contributed by atoms with Crippen LogP contribution in [0.4, 0.5) is 10.1 Å². The van der Waals surface area contributed by atoms with Crippen LogP contribution >= 0.6 is 23.2 Å². The number of carbonyl (C=O) groups excluding carboxylic acids is 1. The van der Waals surface area contributed by atoms with Crippen LogP contribution in [0.2, 0.25) is 10.3 Å². The number of anilines is 1. The van der Waals surface area contributed by atoms with E-state index in [-0.39, 0.29) is 21.6 Å². The SMILES string of the molecule is O=C(Nc1cccc(F)c1C(=O)O)c1cc(Cl)nc(Cl)c1. The molecule has 2 N–H and O–H groups in total. The van der Waals surface area contributed by atoms with Gasteiger partial charge in [0.2, 0.25) is 0 Å². The molecular formula is C13H7Cl2FN2O3. The Bertz CT molecular complexity index is 717. The molecule has 21 heavy (non-hydrogen) atoms. The van der Waals surface area contributed by atoms with E-state index in [1.165, 1.54) is 24.3 Å². The van der Waals surface area contributed by atoms with Gasteiger partial charge in [-0.05, 0) is 24.3 Å². The van der Waals surface area contributed by atoms with Crippen molar-refractivity contribution in [3.8, 4) is 0 Å². The monoisotopic (exact) mass is 328 g/mol. The molecule has 0 unspecified atom stereocenters. The number of nitrogens with zero attached hydrogens (tertiary/aromatic N) is 1. The smallest absolute Gasteiger partial charge is 0.340 e. The molecule has 0 aliphatic rings. The van der Waals surface area contributed by atoms with Crippen molar-refractivity contribution in [2.24, 2.45) is 0 Å². The molecule has 5 nitrogen and oxygen atoms in total. The Labute approximate surface area is 128 Å². The zero-order chi connectivity index (χ0) is 15.6. The van der Waals surface area contributed by atoms with Gasteiger partial charge >= 0.3 is 5.97 Å². The Hall–Kier alpha value is -2.18. The first-order chi connectivity index (χ1) is 9.88. The summed E-state index contributed by atoms with van der Waals surface area (Å²) in [5.41, 5.74) is -0.728. The summed E-state index contributed by atoms with van der Waals surface area (Å²) in [7, 11) is 0. The van der Waals surface area contributed by atoms with Crippen LogP contribution < -0.4 is 5.32 Å². The molecule has 2 aromatic rings. The van der Waals surface area contributed by atoms with Crippen LogP contribution in [0.5, 0.6) is 0 Å². The molecule has 0 bridgehead atoms. The summed E-state index contributed by atoms with van der Waals surface area (Å²) in [6.07, 6.45) is 0. The molecule has 0 aliphatic carbocycles. The third kappa shape index (κ3) is 3.48. The Morgan fingerprint density at radius 1 is 1.19 bits per heavy atom. The number of aromatic nitrogens is 1. The molecule has 2 rings (SSSR count). The molecule has 108 valence electrons. The number of aromatic carboxylic acids is 1. The van der Waals surface area contributed by atoms with Gasteiger partial charge in [-0.1, -0.05) is 29.3 Å². The Morgan fingerprint density at radius 3 is 2.38 bits per heavy atom. The Balaban J connectivity index is 2.36. The average Bonchev–Trinajstić information content (AvgIpc) is 2.37. The summed E-state index contributed by atoms with van der Waals surface area (Å²) >= 11 is 11.3. The number of halogens is 3. The lowest BCUT2D eigenvalue weighted by atomic mass is 10.1. The first kappa shape index (κ1) is 15.2. The number of nitrogens with one attached hydrogen (secondary N) is 1. The molecule has 0 saturated heterocycles. The van der Waals surface area contributed by atoms with Gasteiger partial charge in [-0.2, -0.15) is 0 Å². The highest BCUT2D eigenvalue weighted by Gasteiger charge is 2.18. The molecule has 0 spiro atoms. The van der Waals surface area contributed by atoms with Crippen LogP contribution in [0, 0.1) is 5.82 Å². The van der Waals surface area contributed by atoms with Crippen LogP contribution in [-0.4, -0.2) is 22.0 Å². The molecule has 0 aliphatic heterocycles. The minimum absolute atomic E-state index is 0.00495. The number of rotatable bonds is 3. The molecular weight excluding hydrogens is 322 g/mol. The fourth-order valence-corrected chi connectivity index (χ4v) is 2.10. The third-order valence-corrected chi connectivity index (χ3v) is 2.89. The summed E-state index contributed by atoms with van der Waals surface area (Å²) in [6, 6.07) is 6.04. The second-order valence-electron chi connectivity index (χ2n) is 3.92. The summed E-state index contributed by atoms with van der Waals surface area (Å²) in [6.45, 7) is 0. The van der Waals surface area contributed by atoms with Crippen molar-refractivity contribution in [2.75, 3.05) is 5.32 Å². The first-order valence-electron chi connectivity index (χ1n) is 5.54. The zero-order valence-corrected chi connectivity index (χ0v) is 11.7. The maximum Gasteiger partial charge on any atom is 0.340 e. The molecule has 1 heterocycles. The van der Waals surface area contributed by atoms with Gasteiger partial charge in [0, 0.05) is 5.56 Å². The lowest BCUT2D eigenvalue weighted by Crippen LogP contribution is -2.16. The minimum Gasteiger partial charge on any atom is -0.478 e. The summed E-state index contributed by atoms with van der Waals surface area (Å²) < 4.78 is 13.5. The largest absolute Gasteiger partial charge is 0.478 e. The molecule has 0 saturated carbocycles. The maximum atomic E-state index is 13.5. The highest BCUT2D eigenvalue weighted by Crippen LogP contribution is 2.21. The van der Waals surface area contributed by atoms with E-state index < -0.39 is 23.3 Å². The maximum absolute atomic E-state index is 13.5. The number of carboxylic acid groups (broad SMARTS) is 1. The molecule has 0 atom stereocenters. The van der Waals surface area contributed by atoms with Crippen molar-refractivity contribution >= 4 is 40.8 Å². The summed E-state index contributed by atoms with van der Waals surface area (Å²) in [4.78, 5) is 26.7. The van der Waals surface area contributed by atoms with Gasteiger partial charge < -0.3 is 10.4 Å². The number of carboxylic acids is 1. The molecule has 0 fully saturated rings. The van der Waals surface area contributed by atoms with Crippen LogP contribution in [0.25, 0.3) is 0 Å². The van der Waals surface area contributed by atoms with E-state index >= 15 is 0 Å². The van der Waals surface area contributed by atoms with Gasteiger partial charge in [-0.15, -0.1) is 0 Å². The fourth-order valence-electron chi connectivity index (χ4n) is 1.64. The topological polar surface area (TPSA) is 79.3 Å². The number of pyridine rings is 1. The van der Waals surface area contributed by atoms with Gasteiger partial charge in [0.05, 0.1) is 5.69 Å². The zero-order valence-electron chi connectivity index (χ0n) is 10.2. The standard InChI is InChI=1S/C13H7Cl2FN2O3/c14-9-4-6(5-10(15)18-9)12(19)17-8-3-1-2-7(16)11(8)13(20)21/h1-5H,(H,17,19)(H,20,21). The second kappa shape index (κ2) is 6.07. The van der Waals surface area contributed by atoms with Crippen molar-refractivity contribution in [3.63, 3.8) is 0 Å². The van der Waals surface area contributed by atoms with E-state index in [1.807, 2.05) is 0 Å². The van der Waals surface area contributed by atoms with Crippen molar-refractivity contribution in [3.05, 3.63) is 57.6 Å². The quantitative estimate of drug-likeness (QED) is 0.845. The van der Waals surface area contributed by atoms with Crippen molar-refractivity contribution < 1.29 is 19.1 Å². The fraction of sp³-hybridized carbons (Fsp3) is 0. The van der Waals surface area contributed by atoms with Gasteiger partial charge in [0.15, 0.2) is 0 Å². The van der Waals surface area contributed by atoms with E-state index in [1.54, 1.807) is 0 Å². The molecule has 1 aromatic carbocycles. The van der Waals surface area contributed by atoms with Gasteiger partial charge in [0.25, 0.3) is 5.91 Å². The van der Waals surface area contributed by atoms with Gasteiger partial charge in [-0.3, -0.25) is 4.79 Å². The predicted molar refractivity (Wildman–Crippen MR) is 75.6 cm³/mol. The minimum atomic E-state index is -1.49. The Kier molecular flexibility index (Phi) is 4.40. The number of hydrogen-bond donors (Lipinski definition) is 2. The normalized spacial score (nSPS) is 10.2. The molecule has 1 aromatic heterocycles. The van der Waals surface area contributed by atoms with Crippen LogP contribution in [0.15, 0.2) is 30.3 Å². The average molecular weight is 329 g/mol. The third-order valence-electron chi connectivity index (χ3n) is 2.50. The van der Waals surface area contributed by atoms with E-state index in [4.69, 9.17) is 28.3 Å². The van der Waals surface area contributed by atoms with Crippen LogP contribution in [-0.2, 0) is 0 Å². The predicted octanol–water partition coefficient (Wildman–Crippen LogP) is 3.48. The molecule has 0 radical (unpaired) electrons. The number of benzene rings is 1. The van der Waals surface area contributed by atoms with E-state index in [0.29, 0.717) is 0 Å². The summed E-state index contributed by atoms with van der Waals surface area (Å²) in [5.74, 6) is -3.13. The van der Waals surface area contributed by atoms with Gasteiger partial charge in [-0.25, -0.2) is 14.2 Å². The van der Waals surface area contributed by atoms with Gasteiger partial charge in [0.1, 0.15) is 21.7 Å². The molecule has 1 amide bonds. The number of amides is 1. The van der Waals surface area contributed by atoms with Crippen LogP contribution in [0.1, 0.15) is 20.7 Å². The van der Waals surface area contributed by atoms with Crippen molar-refractivity contribution in [1.29, 1.82) is 0 Å². The summed E-state index contributed by atoms with van der Waals surface area (Å²) in [5, 5.41) is 11.3. The molecule has 8 heteroatoms. The highest BCUT2D eigenvalue weighted by molar-refractivity contribution is 6.33. The Morgan fingerprint density at radius 2 is 1.81 bits per heavy atom. The lowest BCUT2D eigenvalue weighted by Gasteiger charge is -2.09. The van der Waals surface area contributed by atoms with Crippen molar-refractivity contribution in [1.82, 2.24) is 4.98 Å². The highest BCUT2D eigenvalue weighted by atomic mass is 35.5. The van der Waals surface area contributed by atoms with E-state index in [9.17, 15) is 14.0 Å². The first-order valence-corrected chi connectivity index (χ1v) is 6.30. The lowest BCUT2D eigenvalue weighted by molar-refractivity contribution is 0.0693.